The third kappa shape index (κ3) is 6.84. The van der Waals surface area contributed by atoms with Gasteiger partial charge in [0.2, 0.25) is 11.8 Å². The number of hydrogen-bond donors (Lipinski definition) is 3. The zero-order chi connectivity index (χ0) is 24.0. The minimum absolute atomic E-state index is 0.166. The maximum absolute atomic E-state index is 12.7. The molecule has 0 saturated heterocycles. The second-order valence-electron chi connectivity index (χ2n) is 7.17. The molecule has 0 saturated carbocycles. The average Bonchev–Trinajstić information content (AvgIpc) is 2.75. The van der Waals surface area contributed by atoms with Crippen molar-refractivity contribution in [3.05, 3.63) is 74.7 Å². The molecule has 10 heteroatoms. The Kier molecular flexibility index (Phi) is 8.13. The lowest BCUT2D eigenvalue weighted by atomic mass is 10.1. The van der Waals surface area contributed by atoms with Crippen LogP contribution in [0.3, 0.4) is 0 Å². The van der Waals surface area contributed by atoms with Gasteiger partial charge < -0.3 is 20.4 Å². The van der Waals surface area contributed by atoms with Crippen molar-refractivity contribution >= 4 is 46.6 Å². The first-order chi connectivity index (χ1) is 15.7. The molecule has 0 atom stereocenters. The molecular weight excluding hydrogens is 464 g/mol. The van der Waals surface area contributed by atoms with Gasteiger partial charge in [-0.1, -0.05) is 35.5 Å². The molecule has 0 aliphatic heterocycles. The summed E-state index contributed by atoms with van der Waals surface area (Å²) in [5.41, 5.74) is 2.27. The second-order valence-corrected chi connectivity index (χ2v) is 8.58. The molecule has 3 aromatic rings. The van der Waals surface area contributed by atoms with Gasteiger partial charge in [0.25, 0.3) is 5.56 Å². The number of carbonyl (C=O) groups is 2. The van der Waals surface area contributed by atoms with Crippen LogP contribution < -0.4 is 20.9 Å². The summed E-state index contributed by atoms with van der Waals surface area (Å²) < 4.78 is 5.27. The van der Waals surface area contributed by atoms with Crippen molar-refractivity contribution in [1.82, 2.24) is 9.97 Å². The number of rotatable bonds is 8. The predicted molar refractivity (Wildman–Crippen MR) is 130 cm³/mol. The molecule has 0 unspecified atom stereocenters. The Bertz CT molecular complexity index is 1250. The van der Waals surface area contributed by atoms with E-state index in [4.69, 9.17) is 16.3 Å². The molecule has 2 amide bonds. The summed E-state index contributed by atoms with van der Waals surface area (Å²) in [4.78, 5) is 43.8. The number of nitrogens with zero attached hydrogens (tertiary/aromatic N) is 1. The Hall–Kier alpha value is -3.30. The molecule has 0 spiro atoms. The summed E-state index contributed by atoms with van der Waals surface area (Å²) in [5.74, 6) is 0.365. The Balaban J connectivity index is 1.71. The Morgan fingerprint density at radius 1 is 1.18 bits per heavy atom. The molecule has 3 N–H and O–H groups in total. The topological polar surface area (TPSA) is 113 Å². The molecule has 2 aromatic carbocycles. The van der Waals surface area contributed by atoms with Crippen molar-refractivity contribution in [2.24, 2.45) is 0 Å². The highest BCUT2D eigenvalue weighted by Crippen LogP contribution is 2.28. The van der Waals surface area contributed by atoms with Crippen molar-refractivity contribution in [3.63, 3.8) is 0 Å². The molecule has 1 heterocycles. The molecule has 33 heavy (non-hydrogen) atoms. The van der Waals surface area contributed by atoms with Crippen LogP contribution in [0.4, 0.5) is 11.4 Å². The number of nitrogens with one attached hydrogen (secondary N) is 3. The van der Waals surface area contributed by atoms with Crippen LogP contribution in [0.1, 0.15) is 23.7 Å². The highest BCUT2D eigenvalue weighted by atomic mass is 35.5. The summed E-state index contributed by atoms with van der Waals surface area (Å²) in [5, 5.41) is 6.49. The number of hydrogen-bond acceptors (Lipinski definition) is 6. The van der Waals surface area contributed by atoms with Gasteiger partial charge in [-0.05, 0) is 42.8 Å². The number of H-pyrrole nitrogens is 1. The van der Waals surface area contributed by atoms with Crippen LogP contribution >= 0.6 is 23.4 Å². The van der Waals surface area contributed by atoms with Gasteiger partial charge in [0.05, 0.1) is 19.2 Å². The molecule has 0 aliphatic carbocycles. The van der Waals surface area contributed by atoms with E-state index in [0.29, 0.717) is 38.8 Å². The van der Waals surface area contributed by atoms with Crippen molar-refractivity contribution < 1.29 is 14.3 Å². The van der Waals surface area contributed by atoms with Gasteiger partial charge in [0.15, 0.2) is 5.16 Å². The van der Waals surface area contributed by atoms with E-state index in [-0.39, 0.29) is 23.5 Å². The molecule has 8 nitrogen and oxygen atoms in total. The fourth-order valence-electron chi connectivity index (χ4n) is 3.08. The van der Waals surface area contributed by atoms with Crippen LogP contribution in [-0.4, -0.2) is 28.9 Å². The van der Waals surface area contributed by atoms with Gasteiger partial charge in [-0.15, -0.1) is 0 Å². The number of benzene rings is 2. The molecule has 0 radical (unpaired) electrons. The van der Waals surface area contributed by atoms with Gasteiger partial charge in [-0.2, -0.15) is 0 Å². The fraction of sp³-hybridized carbons (Fsp3) is 0.217. The number of aromatic nitrogens is 2. The lowest BCUT2D eigenvalue weighted by Gasteiger charge is -2.13. The largest absolute Gasteiger partial charge is 0.495 e. The van der Waals surface area contributed by atoms with E-state index in [1.807, 2.05) is 18.2 Å². The number of ether oxygens (including phenoxy) is 1. The van der Waals surface area contributed by atoms with Crippen LogP contribution in [0.15, 0.2) is 52.4 Å². The van der Waals surface area contributed by atoms with Crippen LogP contribution in [0.5, 0.6) is 5.75 Å². The van der Waals surface area contributed by atoms with E-state index in [1.165, 1.54) is 25.8 Å². The van der Waals surface area contributed by atoms with E-state index in [2.05, 4.69) is 20.6 Å². The number of halogens is 1. The normalized spacial score (nSPS) is 10.5. The molecule has 1 aromatic heterocycles. The lowest BCUT2D eigenvalue weighted by Crippen LogP contribution is -2.24. The average molecular weight is 487 g/mol. The number of methoxy groups -OCH3 is 1. The number of aromatic amines is 1. The van der Waals surface area contributed by atoms with E-state index < -0.39 is 5.91 Å². The standard InChI is InChI=1S/C23H23ClN4O4S/c1-13-18(22(31)28-23(25-13)33-12-15-5-4-6-16(24)9-15)11-21(30)27-19-10-17(26-14(2)29)7-8-20(19)32-3/h4-10H,11-12H2,1-3H3,(H,26,29)(H,27,30)(H,25,28,31). The second kappa shape index (κ2) is 11.0. The Morgan fingerprint density at radius 3 is 2.64 bits per heavy atom. The molecule has 172 valence electrons. The highest BCUT2D eigenvalue weighted by molar-refractivity contribution is 7.98. The van der Waals surface area contributed by atoms with Gasteiger partial charge >= 0.3 is 0 Å². The van der Waals surface area contributed by atoms with Crippen molar-refractivity contribution in [3.8, 4) is 5.75 Å². The first kappa shape index (κ1) is 24.3. The van der Waals surface area contributed by atoms with Gasteiger partial charge in [-0.25, -0.2) is 4.98 Å². The molecule has 0 bridgehead atoms. The van der Waals surface area contributed by atoms with Crippen molar-refractivity contribution in [2.45, 2.75) is 31.2 Å². The third-order valence-corrected chi connectivity index (χ3v) is 5.78. The maximum atomic E-state index is 12.7. The zero-order valence-corrected chi connectivity index (χ0v) is 19.9. The van der Waals surface area contributed by atoms with Crippen LogP contribution in [0, 0.1) is 6.92 Å². The minimum atomic E-state index is -0.414. The van der Waals surface area contributed by atoms with E-state index in [9.17, 15) is 14.4 Å². The fourth-order valence-corrected chi connectivity index (χ4v) is 4.14. The minimum Gasteiger partial charge on any atom is -0.495 e. The van der Waals surface area contributed by atoms with Crippen molar-refractivity contribution in [2.75, 3.05) is 17.7 Å². The van der Waals surface area contributed by atoms with E-state index >= 15 is 0 Å². The summed E-state index contributed by atoms with van der Waals surface area (Å²) in [6, 6.07) is 12.3. The number of amides is 2. The lowest BCUT2D eigenvalue weighted by molar-refractivity contribution is -0.116. The van der Waals surface area contributed by atoms with Gasteiger partial charge in [0, 0.05) is 34.6 Å². The van der Waals surface area contributed by atoms with E-state index in [1.54, 1.807) is 31.2 Å². The first-order valence-corrected chi connectivity index (χ1v) is 11.3. The predicted octanol–water partition coefficient (Wildman–Crippen LogP) is 4.17. The maximum Gasteiger partial charge on any atom is 0.255 e. The number of carbonyl (C=O) groups excluding carboxylic acids is 2. The summed E-state index contributed by atoms with van der Waals surface area (Å²) in [6.45, 7) is 3.08. The number of aryl methyl sites for hydroxylation is 1. The van der Waals surface area contributed by atoms with Crippen LogP contribution in [0.2, 0.25) is 5.02 Å². The molecule has 0 aliphatic rings. The number of anilines is 2. The first-order valence-electron chi connectivity index (χ1n) is 9.97. The highest BCUT2D eigenvalue weighted by Gasteiger charge is 2.15. The quantitative estimate of drug-likeness (QED) is 0.325. The third-order valence-electron chi connectivity index (χ3n) is 4.60. The summed E-state index contributed by atoms with van der Waals surface area (Å²) >= 11 is 7.38. The SMILES string of the molecule is COc1ccc(NC(C)=O)cc1NC(=O)Cc1c(C)nc(SCc2cccc(Cl)c2)[nH]c1=O. The Labute approximate surface area is 200 Å². The summed E-state index contributed by atoms with van der Waals surface area (Å²) in [6.07, 6.45) is -0.166. The molecular formula is C23H23ClN4O4S. The van der Waals surface area contributed by atoms with Gasteiger partial charge in [-0.3, -0.25) is 14.4 Å². The smallest absolute Gasteiger partial charge is 0.255 e. The summed E-state index contributed by atoms with van der Waals surface area (Å²) in [7, 11) is 1.47. The monoisotopic (exact) mass is 486 g/mol. The number of thioether (sulfide) groups is 1. The van der Waals surface area contributed by atoms with Gasteiger partial charge in [0.1, 0.15) is 5.75 Å². The zero-order valence-electron chi connectivity index (χ0n) is 18.3. The molecule has 0 fully saturated rings. The van der Waals surface area contributed by atoms with Crippen LogP contribution in [0.25, 0.3) is 0 Å². The molecule has 3 rings (SSSR count). The Morgan fingerprint density at radius 2 is 1.97 bits per heavy atom. The van der Waals surface area contributed by atoms with Crippen molar-refractivity contribution in [1.29, 1.82) is 0 Å². The van der Waals surface area contributed by atoms with E-state index in [0.717, 1.165) is 5.56 Å². The van der Waals surface area contributed by atoms with Crippen LogP contribution in [-0.2, 0) is 21.8 Å².